The number of rotatable bonds is 4. The molecule has 0 spiro atoms. The molecule has 0 heterocycles. The molecule has 0 atom stereocenters. The van der Waals surface area contributed by atoms with E-state index in [1.165, 1.54) is 25.1 Å². The van der Waals surface area contributed by atoms with Crippen molar-refractivity contribution >= 4 is 34.6 Å². The van der Waals surface area contributed by atoms with Crippen LogP contribution in [0, 0.1) is 22.7 Å². The predicted octanol–water partition coefficient (Wildman–Crippen LogP) is 0.515. The molecule has 0 aliphatic carbocycles. The van der Waals surface area contributed by atoms with E-state index in [1.807, 2.05) is 0 Å². The van der Waals surface area contributed by atoms with Crippen molar-refractivity contribution in [1.29, 1.82) is 10.5 Å². The van der Waals surface area contributed by atoms with E-state index in [2.05, 4.69) is 9.47 Å². The van der Waals surface area contributed by atoms with Crippen LogP contribution in [0.25, 0.3) is 16.3 Å². The third-order valence-corrected chi connectivity index (χ3v) is 3.63. The van der Waals surface area contributed by atoms with E-state index in [-0.39, 0.29) is 21.9 Å². The molecule has 2 aromatic rings. The number of aliphatic carboxylic acids is 1. The van der Waals surface area contributed by atoms with Crippen LogP contribution < -0.4 is 19.7 Å². The summed E-state index contributed by atoms with van der Waals surface area (Å²) in [4.78, 5) is 33.2. The number of carbonyl (C=O) groups is 3. The standard InChI is InChI=1S/C18H10N2O8/c1-2-9(16(21)22)8-3-4-10-11(5-8)15(28-18(25)26)13(7-20)12(6-19)14(10)27-17(23)24/h2-5H,1H3,(H,21,22)(H,23,24)(H,25,26)/p-2/b9-2+. The summed E-state index contributed by atoms with van der Waals surface area (Å²) in [5.74, 6) is -2.68. The van der Waals surface area contributed by atoms with Crippen molar-refractivity contribution in [1.82, 2.24) is 0 Å². The number of carboxylic acid groups (broad SMARTS) is 3. The SMILES string of the molecule is C/C=C(/C(=O)[O-])c1ccc2c(OC(=O)O)c(C#N)c(C#N)c(OC(=O)[O-])c2c1. The number of carbonyl (C=O) groups excluding carboxylic acids is 2. The Bertz CT molecular complexity index is 1140. The fourth-order valence-corrected chi connectivity index (χ4v) is 2.59. The molecule has 0 radical (unpaired) electrons. The molecule has 10 heteroatoms. The first kappa shape index (κ1) is 19.8. The van der Waals surface area contributed by atoms with E-state index in [9.17, 15) is 35.1 Å². The van der Waals surface area contributed by atoms with E-state index in [0.717, 1.165) is 6.07 Å². The minimum Gasteiger partial charge on any atom is -0.545 e. The molecule has 140 valence electrons. The number of carboxylic acids is 1. The molecule has 0 aliphatic rings. The predicted molar refractivity (Wildman–Crippen MR) is 86.7 cm³/mol. The summed E-state index contributed by atoms with van der Waals surface area (Å²) in [6.07, 6.45) is -2.62. The van der Waals surface area contributed by atoms with Gasteiger partial charge in [-0.05, 0) is 24.6 Å². The van der Waals surface area contributed by atoms with Gasteiger partial charge in [-0.25, -0.2) is 4.79 Å². The van der Waals surface area contributed by atoms with Crippen LogP contribution in [0.2, 0.25) is 0 Å². The van der Waals surface area contributed by atoms with Crippen LogP contribution in [0.5, 0.6) is 11.5 Å². The smallest absolute Gasteiger partial charge is 0.511 e. The van der Waals surface area contributed by atoms with Crippen molar-refractivity contribution < 1.29 is 39.2 Å². The zero-order valence-electron chi connectivity index (χ0n) is 14.0. The van der Waals surface area contributed by atoms with Crippen LogP contribution in [0.1, 0.15) is 23.6 Å². The maximum Gasteiger partial charge on any atom is 0.511 e. The maximum atomic E-state index is 11.3. The third-order valence-electron chi connectivity index (χ3n) is 3.63. The maximum absolute atomic E-state index is 11.3. The Kier molecular flexibility index (Phi) is 5.47. The van der Waals surface area contributed by atoms with E-state index in [4.69, 9.17) is 5.11 Å². The molecular formula is C18H8N2O8-2. The van der Waals surface area contributed by atoms with Crippen molar-refractivity contribution in [3.05, 3.63) is 41.0 Å². The molecule has 0 saturated carbocycles. The molecular weight excluding hydrogens is 372 g/mol. The summed E-state index contributed by atoms with van der Waals surface area (Å²) in [5, 5.41) is 49.5. The number of ether oxygens (including phenoxy) is 2. The van der Waals surface area contributed by atoms with Crippen molar-refractivity contribution in [3.8, 4) is 23.6 Å². The highest BCUT2D eigenvalue weighted by Crippen LogP contribution is 2.41. The Labute approximate surface area is 156 Å². The molecule has 0 aromatic heterocycles. The van der Waals surface area contributed by atoms with Crippen LogP contribution in [0.3, 0.4) is 0 Å². The highest BCUT2D eigenvalue weighted by Gasteiger charge is 2.23. The average molecular weight is 380 g/mol. The first-order chi connectivity index (χ1) is 13.2. The molecule has 2 rings (SSSR count). The Hall–Kier alpha value is -4.57. The van der Waals surface area contributed by atoms with Gasteiger partial charge in [-0.3, -0.25) is 0 Å². The molecule has 0 bridgehead atoms. The highest BCUT2D eigenvalue weighted by atomic mass is 16.7. The normalized spacial score (nSPS) is 10.6. The number of fused-ring (bicyclic) bond motifs is 1. The second kappa shape index (κ2) is 7.76. The molecule has 0 saturated heterocycles. The second-order valence-electron chi connectivity index (χ2n) is 5.10. The minimum absolute atomic E-state index is 0.0491. The quantitative estimate of drug-likeness (QED) is 0.445. The summed E-state index contributed by atoms with van der Waals surface area (Å²) in [7, 11) is 0. The van der Waals surface area contributed by atoms with Crippen molar-refractivity contribution in [3.63, 3.8) is 0 Å². The molecule has 10 nitrogen and oxygen atoms in total. The number of nitriles is 2. The minimum atomic E-state index is -2.05. The number of hydrogen-bond donors (Lipinski definition) is 1. The Morgan fingerprint density at radius 1 is 1.04 bits per heavy atom. The lowest BCUT2D eigenvalue weighted by molar-refractivity contribution is -0.295. The van der Waals surface area contributed by atoms with E-state index < -0.39 is 40.9 Å². The summed E-state index contributed by atoms with van der Waals surface area (Å²) >= 11 is 0. The van der Waals surface area contributed by atoms with E-state index >= 15 is 0 Å². The van der Waals surface area contributed by atoms with Crippen LogP contribution in [0.4, 0.5) is 9.59 Å². The fourth-order valence-electron chi connectivity index (χ4n) is 2.59. The van der Waals surface area contributed by atoms with E-state index in [0.29, 0.717) is 0 Å². The second-order valence-corrected chi connectivity index (χ2v) is 5.10. The Balaban J connectivity index is 3.05. The topological polar surface area (TPSA) is 184 Å². The Morgan fingerprint density at radius 3 is 2.04 bits per heavy atom. The first-order valence-electron chi connectivity index (χ1n) is 7.36. The van der Waals surface area contributed by atoms with Crippen LogP contribution in [-0.2, 0) is 4.79 Å². The Morgan fingerprint density at radius 2 is 1.61 bits per heavy atom. The lowest BCUT2D eigenvalue weighted by Crippen LogP contribution is -2.27. The van der Waals surface area contributed by atoms with Gasteiger partial charge in [0.25, 0.3) is 6.16 Å². The largest absolute Gasteiger partial charge is 0.545 e. The van der Waals surface area contributed by atoms with Gasteiger partial charge in [-0.2, -0.15) is 10.5 Å². The summed E-state index contributed by atoms with van der Waals surface area (Å²) in [6.45, 7) is 1.42. The van der Waals surface area contributed by atoms with Crippen LogP contribution in [0.15, 0.2) is 24.3 Å². The van der Waals surface area contributed by atoms with Gasteiger partial charge in [-0.15, -0.1) is 0 Å². The number of nitrogens with zero attached hydrogens (tertiary/aromatic N) is 2. The van der Waals surface area contributed by atoms with Crippen LogP contribution >= 0.6 is 0 Å². The highest BCUT2D eigenvalue weighted by molar-refractivity contribution is 6.15. The number of allylic oxidation sites excluding steroid dienone is 1. The lowest BCUT2D eigenvalue weighted by Gasteiger charge is -2.19. The molecule has 1 N–H and O–H groups in total. The summed E-state index contributed by atoms with van der Waals surface area (Å²) < 4.78 is 9.13. The number of benzene rings is 2. The molecule has 0 amide bonds. The van der Waals surface area contributed by atoms with Gasteiger partial charge in [0, 0.05) is 16.3 Å². The third kappa shape index (κ3) is 3.52. The van der Waals surface area contributed by atoms with Gasteiger partial charge >= 0.3 is 6.16 Å². The van der Waals surface area contributed by atoms with Gasteiger partial charge in [0.05, 0.1) is 17.3 Å². The monoisotopic (exact) mass is 380 g/mol. The van der Waals surface area contributed by atoms with Crippen molar-refractivity contribution in [2.75, 3.05) is 0 Å². The molecule has 2 aromatic carbocycles. The van der Waals surface area contributed by atoms with Crippen molar-refractivity contribution in [2.45, 2.75) is 6.92 Å². The van der Waals surface area contributed by atoms with Gasteiger partial charge in [0.1, 0.15) is 17.7 Å². The van der Waals surface area contributed by atoms with Gasteiger partial charge in [0.2, 0.25) is 0 Å². The molecule has 0 unspecified atom stereocenters. The lowest BCUT2D eigenvalue weighted by atomic mass is 9.95. The fraction of sp³-hybridized carbons (Fsp3) is 0.0556. The van der Waals surface area contributed by atoms with Gasteiger partial charge < -0.3 is 34.4 Å². The average Bonchev–Trinajstić information content (AvgIpc) is 2.62. The van der Waals surface area contributed by atoms with Crippen LogP contribution in [-0.4, -0.2) is 23.4 Å². The molecule has 28 heavy (non-hydrogen) atoms. The van der Waals surface area contributed by atoms with Crippen molar-refractivity contribution in [2.24, 2.45) is 0 Å². The summed E-state index contributed by atoms with van der Waals surface area (Å²) in [5.41, 5.74) is -1.41. The van der Waals surface area contributed by atoms with Gasteiger partial charge in [-0.1, -0.05) is 12.1 Å². The van der Waals surface area contributed by atoms with Gasteiger partial charge in [0.15, 0.2) is 5.75 Å². The zero-order chi connectivity index (χ0) is 21.0. The first-order valence-corrected chi connectivity index (χ1v) is 7.36. The molecule has 0 fully saturated rings. The number of hydrogen-bond acceptors (Lipinski definition) is 9. The van der Waals surface area contributed by atoms with E-state index in [1.54, 1.807) is 12.1 Å². The molecule has 0 aliphatic heterocycles. The summed E-state index contributed by atoms with van der Waals surface area (Å²) in [6, 6.07) is 6.72. The zero-order valence-corrected chi connectivity index (χ0v) is 14.0.